The largest absolute Gasteiger partial charge is 0.492 e. The van der Waals surface area contributed by atoms with Gasteiger partial charge in [0.1, 0.15) is 11.6 Å². The van der Waals surface area contributed by atoms with E-state index < -0.39 is 0 Å². The first-order valence-corrected chi connectivity index (χ1v) is 11.6. The van der Waals surface area contributed by atoms with E-state index in [1.807, 2.05) is 24.3 Å². The number of rotatable bonds is 8. The molecule has 170 valence electrons. The zero-order valence-electron chi connectivity index (χ0n) is 17.8. The Morgan fingerprint density at radius 3 is 2.61 bits per heavy atom. The van der Waals surface area contributed by atoms with Crippen molar-refractivity contribution < 1.29 is 18.6 Å². The Balaban J connectivity index is 0.00000272. The van der Waals surface area contributed by atoms with Crippen LogP contribution >= 0.6 is 28.3 Å². The molecule has 31 heavy (non-hydrogen) atoms. The number of piperidine rings is 1. The van der Waals surface area contributed by atoms with Gasteiger partial charge in [-0.1, -0.05) is 31.9 Å². The first kappa shape index (κ1) is 24.1. The van der Waals surface area contributed by atoms with E-state index in [0.29, 0.717) is 24.2 Å². The Kier molecular flexibility index (Phi) is 8.87. The Labute approximate surface area is 198 Å². The predicted octanol–water partition coefficient (Wildman–Crippen LogP) is 6.41. The average Bonchev–Trinajstić information content (AvgIpc) is 3.20. The summed E-state index contributed by atoms with van der Waals surface area (Å²) in [5.41, 5.74) is 1.20. The summed E-state index contributed by atoms with van der Waals surface area (Å²) in [6.45, 7) is 6.29. The highest BCUT2D eigenvalue weighted by atomic mass is 79.9. The molecule has 2 aliphatic rings. The van der Waals surface area contributed by atoms with E-state index >= 15 is 0 Å². The zero-order chi connectivity index (χ0) is 20.9. The Hall–Kier alpha value is -1.50. The van der Waals surface area contributed by atoms with Gasteiger partial charge in [0.25, 0.3) is 0 Å². The number of unbranched alkanes of at least 4 members (excludes halogenated alkanes) is 2. The third-order valence-electron chi connectivity index (χ3n) is 6.07. The third-order valence-corrected chi connectivity index (χ3v) is 6.69. The van der Waals surface area contributed by atoms with Crippen molar-refractivity contribution in [2.45, 2.75) is 38.5 Å². The lowest BCUT2D eigenvalue weighted by Gasteiger charge is -2.39. The fourth-order valence-corrected chi connectivity index (χ4v) is 4.86. The third kappa shape index (κ3) is 6.05. The van der Waals surface area contributed by atoms with Crippen LogP contribution in [0.4, 0.5) is 4.39 Å². The Bertz CT molecular complexity index is 851. The lowest BCUT2D eigenvalue weighted by Crippen LogP contribution is -2.42. The maximum Gasteiger partial charge on any atom is 0.231 e. The molecule has 2 heterocycles. The van der Waals surface area contributed by atoms with E-state index in [1.165, 1.54) is 24.8 Å². The quantitative estimate of drug-likeness (QED) is 0.381. The standard InChI is InChI=1S/C24H29BrFNO3.ClH/c1-2-3-4-10-27-11-9-20(17-5-7-19(26)8-6-17)18(14-27)15-28-22-13-24-23(12-21(22)25)29-16-30-24;/h5-8,12-13,18,20H,2-4,9-11,14-16H2,1H3;1H/t18-,20-;/m1./s1. The van der Waals surface area contributed by atoms with Gasteiger partial charge in [-0.05, 0) is 65.5 Å². The molecule has 7 heteroatoms. The van der Waals surface area contributed by atoms with Crippen LogP contribution in [-0.4, -0.2) is 37.9 Å². The second-order valence-electron chi connectivity index (χ2n) is 8.16. The number of nitrogens with zero attached hydrogens (tertiary/aromatic N) is 1. The molecule has 4 rings (SSSR count). The zero-order valence-corrected chi connectivity index (χ0v) is 20.2. The van der Waals surface area contributed by atoms with Gasteiger partial charge < -0.3 is 19.1 Å². The molecular weight excluding hydrogens is 485 g/mol. The van der Waals surface area contributed by atoms with Crippen molar-refractivity contribution in [1.29, 1.82) is 0 Å². The van der Waals surface area contributed by atoms with Crippen LogP contribution in [-0.2, 0) is 0 Å². The maximum absolute atomic E-state index is 13.4. The molecule has 2 aromatic carbocycles. The van der Waals surface area contributed by atoms with E-state index in [2.05, 4.69) is 27.8 Å². The fourth-order valence-electron chi connectivity index (χ4n) is 4.42. The minimum absolute atomic E-state index is 0. The van der Waals surface area contributed by atoms with E-state index in [-0.39, 0.29) is 25.0 Å². The predicted molar refractivity (Wildman–Crippen MR) is 126 cm³/mol. The molecule has 0 unspecified atom stereocenters. The number of hydrogen-bond donors (Lipinski definition) is 0. The molecule has 0 aliphatic carbocycles. The normalized spacial score (nSPS) is 20.4. The Morgan fingerprint density at radius 2 is 1.87 bits per heavy atom. The molecule has 2 aromatic rings. The van der Waals surface area contributed by atoms with Gasteiger partial charge in [-0.2, -0.15) is 0 Å². The van der Waals surface area contributed by atoms with Gasteiger partial charge in [-0.15, -0.1) is 12.4 Å². The molecule has 1 fully saturated rings. The summed E-state index contributed by atoms with van der Waals surface area (Å²) in [7, 11) is 0. The highest BCUT2D eigenvalue weighted by molar-refractivity contribution is 9.10. The van der Waals surface area contributed by atoms with Gasteiger partial charge in [0.15, 0.2) is 11.5 Å². The van der Waals surface area contributed by atoms with Crippen LogP contribution in [0.3, 0.4) is 0 Å². The van der Waals surface area contributed by atoms with E-state index in [9.17, 15) is 4.39 Å². The van der Waals surface area contributed by atoms with Gasteiger partial charge in [0.2, 0.25) is 6.79 Å². The fraction of sp³-hybridized carbons (Fsp3) is 0.500. The summed E-state index contributed by atoms with van der Waals surface area (Å²) in [5.74, 6) is 2.73. The van der Waals surface area contributed by atoms with Gasteiger partial charge in [0, 0.05) is 24.6 Å². The molecule has 0 amide bonds. The lowest BCUT2D eigenvalue weighted by atomic mass is 9.80. The van der Waals surface area contributed by atoms with Crippen molar-refractivity contribution in [2.75, 3.05) is 33.0 Å². The first-order valence-electron chi connectivity index (χ1n) is 10.8. The molecule has 0 N–H and O–H groups in total. The van der Waals surface area contributed by atoms with Crippen molar-refractivity contribution in [1.82, 2.24) is 4.90 Å². The molecule has 4 nitrogen and oxygen atoms in total. The maximum atomic E-state index is 13.4. The second-order valence-corrected chi connectivity index (χ2v) is 9.02. The summed E-state index contributed by atoms with van der Waals surface area (Å²) < 4.78 is 31.5. The van der Waals surface area contributed by atoms with Crippen molar-refractivity contribution in [3.8, 4) is 17.2 Å². The molecule has 0 bridgehead atoms. The topological polar surface area (TPSA) is 30.9 Å². The molecule has 2 atom stereocenters. The summed E-state index contributed by atoms with van der Waals surface area (Å²) in [5, 5.41) is 0. The van der Waals surface area contributed by atoms with E-state index in [1.54, 1.807) is 12.1 Å². The molecule has 2 aliphatic heterocycles. The summed E-state index contributed by atoms with van der Waals surface area (Å²) in [6.07, 6.45) is 4.80. The average molecular weight is 515 g/mol. The lowest BCUT2D eigenvalue weighted by molar-refractivity contribution is 0.109. The first-order chi connectivity index (χ1) is 14.6. The van der Waals surface area contributed by atoms with Crippen LogP contribution in [0.15, 0.2) is 40.9 Å². The molecule has 0 radical (unpaired) electrons. The Morgan fingerprint density at radius 1 is 1.13 bits per heavy atom. The van der Waals surface area contributed by atoms with Crippen molar-refractivity contribution >= 4 is 28.3 Å². The highest BCUT2D eigenvalue weighted by Gasteiger charge is 2.31. The van der Waals surface area contributed by atoms with Crippen LogP contribution in [0.5, 0.6) is 17.2 Å². The monoisotopic (exact) mass is 513 g/mol. The number of benzene rings is 2. The van der Waals surface area contributed by atoms with Crippen LogP contribution in [0.25, 0.3) is 0 Å². The molecule has 0 saturated carbocycles. The second kappa shape index (κ2) is 11.4. The van der Waals surface area contributed by atoms with Crippen LogP contribution < -0.4 is 14.2 Å². The van der Waals surface area contributed by atoms with Gasteiger partial charge >= 0.3 is 0 Å². The SMILES string of the molecule is CCCCCN1CC[C@H](c2ccc(F)cc2)[C@@H](COc2cc3c(cc2Br)OCO3)C1.Cl. The number of fused-ring (bicyclic) bond motifs is 1. The molecule has 0 aromatic heterocycles. The summed E-state index contributed by atoms with van der Waals surface area (Å²) in [6, 6.07) is 10.8. The van der Waals surface area contributed by atoms with Crippen LogP contribution in [0, 0.1) is 11.7 Å². The highest BCUT2D eigenvalue weighted by Crippen LogP contribution is 2.41. The number of hydrogen-bond acceptors (Lipinski definition) is 4. The van der Waals surface area contributed by atoms with Crippen LogP contribution in [0.1, 0.15) is 44.1 Å². The van der Waals surface area contributed by atoms with E-state index in [4.69, 9.17) is 14.2 Å². The number of likely N-dealkylation sites (tertiary alicyclic amines) is 1. The van der Waals surface area contributed by atoms with Gasteiger partial charge in [-0.3, -0.25) is 0 Å². The minimum atomic E-state index is -0.187. The molecule has 0 spiro atoms. The number of ether oxygens (including phenoxy) is 3. The van der Waals surface area contributed by atoms with Gasteiger partial charge in [0.05, 0.1) is 11.1 Å². The number of halogens is 3. The molecule has 1 saturated heterocycles. The smallest absolute Gasteiger partial charge is 0.231 e. The van der Waals surface area contributed by atoms with Crippen molar-refractivity contribution in [3.05, 3.63) is 52.3 Å². The minimum Gasteiger partial charge on any atom is -0.492 e. The van der Waals surface area contributed by atoms with Gasteiger partial charge in [-0.25, -0.2) is 4.39 Å². The van der Waals surface area contributed by atoms with Crippen molar-refractivity contribution in [2.24, 2.45) is 5.92 Å². The van der Waals surface area contributed by atoms with E-state index in [0.717, 1.165) is 42.0 Å². The summed E-state index contributed by atoms with van der Waals surface area (Å²) >= 11 is 3.58. The van der Waals surface area contributed by atoms with Crippen LogP contribution in [0.2, 0.25) is 0 Å². The summed E-state index contributed by atoms with van der Waals surface area (Å²) in [4.78, 5) is 2.55. The van der Waals surface area contributed by atoms with Crippen molar-refractivity contribution in [3.63, 3.8) is 0 Å². The molecular formula is C24H30BrClFNO3.